The monoisotopic (exact) mass is 282 g/mol. The molecule has 0 spiro atoms. The maximum absolute atomic E-state index is 11.8. The molecule has 1 amide bonds. The Hall–Kier alpha value is -2.97. The smallest absolute Gasteiger partial charge is 0.326 e. The molecule has 0 aliphatic rings. The minimum atomic E-state index is -1.67. The average Bonchev–Trinajstić information content (AvgIpc) is 2.37. The lowest BCUT2D eigenvalue weighted by molar-refractivity contribution is -0.385. The number of aliphatic carboxylic acids is 2. The molecule has 1 atom stereocenters. The highest BCUT2D eigenvalue weighted by Crippen LogP contribution is 2.17. The van der Waals surface area contributed by atoms with Crippen LogP contribution in [-0.2, 0) is 9.59 Å². The molecule has 0 aliphatic carbocycles. The van der Waals surface area contributed by atoms with Crippen molar-refractivity contribution in [3.05, 3.63) is 39.9 Å². The number of amides is 1. The Balaban J connectivity index is 2.98. The first-order valence-corrected chi connectivity index (χ1v) is 5.31. The van der Waals surface area contributed by atoms with Crippen LogP contribution in [-0.4, -0.2) is 39.0 Å². The van der Waals surface area contributed by atoms with Crippen LogP contribution in [0, 0.1) is 10.1 Å². The van der Waals surface area contributed by atoms with Gasteiger partial charge >= 0.3 is 11.9 Å². The first-order valence-electron chi connectivity index (χ1n) is 5.31. The van der Waals surface area contributed by atoms with E-state index in [-0.39, 0.29) is 5.56 Å². The molecule has 0 aromatic heterocycles. The lowest BCUT2D eigenvalue weighted by atomic mass is 10.1. The van der Waals surface area contributed by atoms with Crippen molar-refractivity contribution in [3.8, 4) is 0 Å². The Bertz CT molecular complexity index is 570. The Kier molecular flexibility index (Phi) is 4.73. The minimum absolute atomic E-state index is 0.339. The molecule has 106 valence electrons. The van der Waals surface area contributed by atoms with E-state index in [0.29, 0.717) is 0 Å². The van der Waals surface area contributed by atoms with Crippen molar-refractivity contribution in [1.82, 2.24) is 5.32 Å². The second-order valence-corrected chi connectivity index (χ2v) is 3.74. The molecule has 0 fully saturated rings. The van der Waals surface area contributed by atoms with Gasteiger partial charge in [-0.2, -0.15) is 0 Å². The van der Waals surface area contributed by atoms with Crippen LogP contribution in [0.2, 0.25) is 0 Å². The third-order valence-corrected chi connectivity index (χ3v) is 2.33. The number of para-hydroxylation sites is 1. The summed E-state index contributed by atoms with van der Waals surface area (Å²) in [5.74, 6) is -3.98. The highest BCUT2D eigenvalue weighted by molar-refractivity contribution is 6.00. The molecule has 20 heavy (non-hydrogen) atoms. The molecular weight excluding hydrogens is 272 g/mol. The number of hydrogen-bond acceptors (Lipinski definition) is 5. The summed E-state index contributed by atoms with van der Waals surface area (Å²) < 4.78 is 0. The van der Waals surface area contributed by atoms with Crippen LogP contribution in [0.1, 0.15) is 16.8 Å². The van der Waals surface area contributed by atoms with Crippen LogP contribution in [0.3, 0.4) is 0 Å². The number of benzene rings is 1. The van der Waals surface area contributed by atoms with Gasteiger partial charge in [-0.3, -0.25) is 19.7 Å². The average molecular weight is 282 g/mol. The number of carbonyl (C=O) groups is 3. The molecule has 1 aromatic rings. The number of nitrogens with zero attached hydrogens (tertiary/aromatic N) is 1. The minimum Gasteiger partial charge on any atom is -0.481 e. The summed E-state index contributed by atoms with van der Waals surface area (Å²) in [6, 6.07) is 3.28. The van der Waals surface area contributed by atoms with Gasteiger partial charge in [0.25, 0.3) is 11.6 Å². The second kappa shape index (κ2) is 6.27. The molecule has 1 rings (SSSR count). The number of nitro benzene ring substituents is 1. The standard InChI is InChI=1S/C11H10N2O7/c14-9(15)5-7(11(17)18)12-10(16)6-3-1-2-4-8(6)13(19)20/h1-4,7H,5H2,(H,12,16)(H,14,15)(H,17,18). The van der Waals surface area contributed by atoms with Crippen molar-refractivity contribution in [3.63, 3.8) is 0 Å². The molecule has 0 saturated heterocycles. The lowest BCUT2D eigenvalue weighted by Gasteiger charge is -2.12. The van der Waals surface area contributed by atoms with Crippen molar-refractivity contribution in [1.29, 1.82) is 0 Å². The summed E-state index contributed by atoms with van der Waals surface area (Å²) in [4.78, 5) is 43.0. The molecule has 1 aromatic carbocycles. The van der Waals surface area contributed by atoms with Crippen molar-refractivity contribution < 1.29 is 29.5 Å². The molecule has 0 radical (unpaired) electrons. The number of nitrogens with one attached hydrogen (secondary N) is 1. The normalized spacial score (nSPS) is 11.4. The summed E-state index contributed by atoms with van der Waals surface area (Å²) in [7, 11) is 0. The fourth-order valence-corrected chi connectivity index (χ4v) is 1.44. The summed E-state index contributed by atoms with van der Waals surface area (Å²) in [6.07, 6.45) is -0.832. The van der Waals surface area contributed by atoms with E-state index in [2.05, 4.69) is 0 Å². The molecule has 3 N–H and O–H groups in total. The molecule has 0 bridgehead atoms. The largest absolute Gasteiger partial charge is 0.481 e. The molecule has 0 heterocycles. The Morgan fingerprint density at radius 1 is 1.25 bits per heavy atom. The van der Waals surface area contributed by atoms with E-state index >= 15 is 0 Å². The zero-order chi connectivity index (χ0) is 15.3. The van der Waals surface area contributed by atoms with E-state index in [1.54, 1.807) is 0 Å². The SMILES string of the molecule is O=C(O)CC(NC(=O)c1ccccc1[N+](=O)[O-])C(=O)O. The number of nitro groups is 1. The van der Waals surface area contributed by atoms with Crippen molar-refractivity contribution >= 4 is 23.5 Å². The highest BCUT2D eigenvalue weighted by atomic mass is 16.6. The predicted octanol–water partition coefficient (Wildman–Crippen LogP) is 0.252. The van der Waals surface area contributed by atoms with Crippen LogP contribution in [0.25, 0.3) is 0 Å². The quantitative estimate of drug-likeness (QED) is 0.500. The van der Waals surface area contributed by atoms with Gasteiger partial charge in [-0.25, -0.2) is 4.79 Å². The third kappa shape index (κ3) is 3.77. The summed E-state index contributed by atoms with van der Waals surface area (Å²) >= 11 is 0. The predicted molar refractivity (Wildman–Crippen MR) is 64.2 cm³/mol. The zero-order valence-corrected chi connectivity index (χ0v) is 9.98. The van der Waals surface area contributed by atoms with Gasteiger partial charge in [0.05, 0.1) is 11.3 Å². The Morgan fingerprint density at radius 2 is 1.85 bits per heavy atom. The first kappa shape index (κ1) is 15.1. The van der Waals surface area contributed by atoms with E-state index < -0.39 is 40.9 Å². The fraction of sp³-hybridized carbons (Fsp3) is 0.182. The fourth-order valence-electron chi connectivity index (χ4n) is 1.44. The van der Waals surface area contributed by atoms with Crippen LogP contribution in [0.4, 0.5) is 5.69 Å². The molecule has 0 aliphatic heterocycles. The molecule has 1 unspecified atom stereocenters. The van der Waals surface area contributed by atoms with E-state index in [1.165, 1.54) is 12.1 Å². The van der Waals surface area contributed by atoms with Gasteiger partial charge in [0.1, 0.15) is 11.6 Å². The molecule has 9 heteroatoms. The molecule has 9 nitrogen and oxygen atoms in total. The van der Waals surface area contributed by atoms with E-state index in [0.717, 1.165) is 12.1 Å². The number of carbonyl (C=O) groups excluding carboxylic acids is 1. The van der Waals surface area contributed by atoms with Crippen LogP contribution in [0.5, 0.6) is 0 Å². The maximum atomic E-state index is 11.8. The third-order valence-electron chi connectivity index (χ3n) is 2.33. The number of hydrogen-bond donors (Lipinski definition) is 3. The number of carboxylic acid groups (broad SMARTS) is 2. The van der Waals surface area contributed by atoms with Gasteiger partial charge in [0.2, 0.25) is 0 Å². The van der Waals surface area contributed by atoms with Gasteiger partial charge in [0, 0.05) is 6.07 Å². The summed E-state index contributed by atoms with van der Waals surface area (Å²) in [5.41, 5.74) is -0.835. The molecule has 0 saturated carbocycles. The van der Waals surface area contributed by atoms with Crippen molar-refractivity contribution in [2.75, 3.05) is 0 Å². The van der Waals surface area contributed by atoms with E-state index in [4.69, 9.17) is 10.2 Å². The van der Waals surface area contributed by atoms with Crippen molar-refractivity contribution in [2.24, 2.45) is 0 Å². The van der Waals surface area contributed by atoms with Crippen LogP contribution in [0.15, 0.2) is 24.3 Å². The van der Waals surface area contributed by atoms with Crippen LogP contribution < -0.4 is 5.32 Å². The van der Waals surface area contributed by atoms with Gasteiger partial charge < -0.3 is 15.5 Å². The van der Waals surface area contributed by atoms with Gasteiger partial charge in [-0.15, -0.1) is 0 Å². The first-order chi connectivity index (χ1) is 9.32. The summed E-state index contributed by atoms with van der Waals surface area (Å²) in [5, 5.41) is 30.0. The number of carboxylic acids is 2. The maximum Gasteiger partial charge on any atom is 0.326 e. The van der Waals surface area contributed by atoms with Gasteiger partial charge in [0.15, 0.2) is 0 Å². The zero-order valence-electron chi connectivity index (χ0n) is 9.98. The van der Waals surface area contributed by atoms with Gasteiger partial charge in [-0.05, 0) is 6.07 Å². The topological polar surface area (TPSA) is 147 Å². The Morgan fingerprint density at radius 3 is 2.35 bits per heavy atom. The van der Waals surface area contributed by atoms with Gasteiger partial charge in [-0.1, -0.05) is 12.1 Å². The van der Waals surface area contributed by atoms with E-state index in [1.807, 2.05) is 5.32 Å². The second-order valence-electron chi connectivity index (χ2n) is 3.74. The van der Waals surface area contributed by atoms with Crippen LogP contribution >= 0.6 is 0 Å². The lowest BCUT2D eigenvalue weighted by Crippen LogP contribution is -2.42. The highest BCUT2D eigenvalue weighted by Gasteiger charge is 2.26. The molecular formula is C11H10N2O7. The van der Waals surface area contributed by atoms with Crippen molar-refractivity contribution in [2.45, 2.75) is 12.5 Å². The van der Waals surface area contributed by atoms with E-state index in [9.17, 15) is 24.5 Å². The Labute approximate surface area is 112 Å². The number of rotatable bonds is 6. The summed E-state index contributed by atoms with van der Waals surface area (Å²) in [6.45, 7) is 0.